The summed E-state index contributed by atoms with van der Waals surface area (Å²) in [6, 6.07) is 4.06. The maximum absolute atomic E-state index is 11.9. The molecule has 0 aliphatic carbocycles. The van der Waals surface area contributed by atoms with E-state index in [0.717, 1.165) is 19.4 Å². The quantitative estimate of drug-likeness (QED) is 0.837. The molecule has 2 N–H and O–H groups in total. The maximum Gasteiger partial charge on any atom is 0.310 e. The van der Waals surface area contributed by atoms with Gasteiger partial charge < -0.3 is 10.4 Å². The predicted molar refractivity (Wildman–Crippen MR) is 82.4 cm³/mol. The standard InChI is InChI=1S/C15H22N2O3S/c1-15(14(19)20)6-3-8-17(11-15)10-13(18)16-7-5-12-4-2-9-21-12/h2,4,9H,3,5-8,10-11H2,1H3,(H,16,18)(H,19,20). The summed E-state index contributed by atoms with van der Waals surface area (Å²) in [5, 5.41) is 14.2. The molecule has 1 unspecified atom stereocenters. The Balaban J connectivity index is 1.73. The number of carboxylic acid groups (broad SMARTS) is 1. The van der Waals surface area contributed by atoms with Crippen molar-refractivity contribution in [3.8, 4) is 0 Å². The van der Waals surface area contributed by atoms with Gasteiger partial charge in [-0.05, 0) is 44.2 Å². The zero-order valence-corrected chi connectivity index (χ0v) is 13.1. The fraction of sp³-hybridized carbons (Fsp3) is 0.600. The van der Waals surface area contributed by atoms with E-state index in [1.807, 2.05) is 16.3 Å². The average Bonchev–Trinajstić information content (AvgIpc) is 2.92. The summed E-state index contributed by atoms with van der Waals surface area (Å²) in [6.45, 7) is 3.91. The molecule has 0 radical (unpaired) electrons. The molecule has 1 aromatic heterocycles. The lowest BCUT2D eigenvalue weighted by Crippen LogP contribution is -2.49. The molecule has 1 amide bonds. The van der Waals surface area contributed by atoms with E-state index in [9.17, 15) is 14.7 Å². The summed E-state index contributed by atoms with van der Waals surface area (Å²) in [7, 11) is 0. The second-order valence-electron chi connectivity index (χ2n) is 5.86. The van der Waals surface area contributed by atoms with E-state index in [0.29, 0.717) is 19.5 Å². The van der Waals surface area contributed by atoms with Crippen molar-refractivity contribution >= 4 is 23.2 Å². The van der Waals surface area contributed by atoms with E-state index in [4.69, 9.17) is 0 Å². The Hall–Kier alpha value is -1.40. The van der Waals surface area contributed by atoms with Crippen LogP contribution in [0.4, 0.5) is 0 Å². The van der Waals surface area contributed by atoms with Crippen LogP contribution in [0.25, 0.3) is 0 Å². The number of carbonyl (C=O) groups is 2. The Morgan fingerprint density at radius 2 is 2.33 bits per heavy atom. The lowest BCUT2D eigenvalue weighted by atomic mass is 9.82. The molecule has 1 saturated heterocycles. The highest BCUT2D eigenvalue weighted by Gasteiger charge is 2.38. The number of hydrogen-bond acceptors (Lipinski definition) is 4. The van der Waals surface area contributed by atoms with Crippen LogP contribution in [0.3, 0.4) is 0 Å². The van der Waals surface area contributed by atoms with Gasteiger partial charge in [0.2, 0.25) is 5.91 Å². The second-order valence-corrected chi connectivity index (χ2v) is 6.89. The molecule has 0 spiro atoms. The highest BCUT2D eigenvalue weighted by molar-refractivity contribution is 7.09. The molecule has 1 aliphatic heterocycles. The van der Waals surface area contributed by atoms with Gasteiger partial charge in [-0.1, -0.05) is 6.07 Å². The minimum atomic E-state index is -0.773. The van der Waals surface area contributed by atoms with Crippen molar-refractivity contribution < 1.29 is 14.7 Å². The van der Waals surface area contributed by atoms with Crippen LogP contribution in [-0.4, -0.2) is 48.1 Å². The van der Waals surface area contributed by atoms with E-state index < -0.39 is 11.4 Å². The molecule has 1 fully saturated rings. The van der Waals surface area contributed by atoms with Crippen molar-refractivity contribution in [1.82, 2.24) is 10.2 Å². The van der Waals surface area contributed by atoms with Gasteiger partial charge in [0.05, 0.1) is 12.0 Å². The minimum Gasteiger partial charge on any atom is -0.481 e. The van der Waals surface area contributed by atoms with E-state index in [-0.39, 0.29) is 12.5 Å². The van der Waals surface area contributed by atoms with Crippen molar-refractivity contribution in [2.45, 2.75) is 26.2 Å². The molecule has 21 heavy (non-hydrogen) atoms. The van der Waals surface area contributed by atoms with Gasteiger partial charge in [-0.15, -0.1) is 11.3 Å². The number of likely N-dealkylation sites (tertiary alicyclic amines) is 1. The molecule has 0 bridgehead atoms. The summed E-state index contributed by atoms with van der Waals surface area (Å²) in [6.07, 6.45) is 2.35. The normalized spacial score (nSPS) is 22.9. The number of thiophene rings is 1. The molecule has 6 heteroatoms. The minimum absolute atomic E-state index is 0.0267. The van der Waals surface area contributed by atoms with Crippen molar-refractivity contribution in [3.63, 3.8) is 0 Å². The first kappa shape index (κ1) is 16.0. The number of hydrogen-bond donors (Lipinski definition) is 2. The van der Waals surface area contributed by atoms with E-state index >= 15 is 0 Å². The monoisotopic (exact) mass is 310 g/mol. The average molecular weight is 310 g/mol. The number of nitrogens with one attached hydrogen (secondary N) is 1. The zero-order valence-electron chi connectivity index (χ0n) is 12.3. The smallest absolute Gasteiger partial charge is 0.310 e. The third kappa shape index (κ3) is 4.54. The van der Waals surface area contributed by atoms with Crippen molar-refractivity contribution in [2.24, 2.45) is 5.41 Å². The van der Waals surface area contributed by atoms with Crippen LogP contribution in [-0.2, 0) is 16.0 Å². The van der Waals surface area contributed by atoms with Crippen molar-refractivity contribution in [3.05, 3.63) is 22.4 Å². The third-order valence-electron chi connectivity index (χ3n) is 3.93. The van der Waals surface area contributed by atoms with Gasteiger partial charge in [-0.25, -0.2) is 0 Å². The molecule has 5 nitrogen and oxygen atoms in total. The fourth-order valence-corrected chi connectivity index (χ4v) is 3.40. The maximum atomic E-state index is 11.9. The number of nitrogens with zero attached hydrogens (tertiary/aromatic N) is 1. The summed E-state index contributed by atoms with van der Waals surface area (Å²) in [5.41, 5.74) is -0.727. The van der Waals surface area contributed by atoms with Crippen LogP contribution < -0.4 is 5.32 Å². The van der Waals surface area contributed by atoms with Crippen molar-refractivity contribution in [2.75, 3.05) is 26.2 Å². The first-order chi connectivity index (χ1) is 9.99. The molecule has 2 heterocycles. The summed E-state index contributed by atoms with van der Waals surface area (Å²) < 4.78 is 0. The molecular weight excluding hydrogens is 288 g/mol. The highest BCUT2D eigenvalue weighted by Crippen LogP contribution is 2.29. The van der Waals surface area contributed by atoms with Crippen LogP contribution in [0.5, 0.6) is 0 Å². The summed E-state index contributed by atoms with van der Waals surface area (Å²) in [4.78, 5) is 26.4. The number of amides is 1. The molecule has 1 atom stereocenters. The lowest BCUT2D eigenvalue weighted by Gasteiger charge is -2.37. The molecule has 0 saturated carbocycles. The van der Waals surface area contributed by atoms with E-state index in [2.05, 4.69) is 11.4 Å². The van der Waals surface area contributed by atoms with Crippen LogP contribution in [0.1, 0.15) is 24.6 Å². The Morgan fingerprint density at radius 1 is 1.52 bits per heavy atom. The topological polar surface area (TPSA) is 69.6 Å². The molecule has 1 aliphatic rings. The van der Waals surface area contributed by atoms with Gasteiger partial charge in [0.1, 0.15) is 0 Å². The summed E-state index contributed by atoms with van der Waals surface area (Å²) >= 11 is 1.69. The van der Waals surface area contributed by atoms with Gasteiger partial charge in [0.25, 0.3) is 0 Å². The van der Waals surface area contributed by atoms with Gasteiger partial charge in [0.15, 0.2) is 0 Å². The van der Waals surface area contributed by atoms with Gasteiger partial charge in [-0.3, -0.25) is 14.5 Å². The van der Waals surface area contributed by atoms with Crippen LogP contribution in [0.15, 0.2) is 17.5 Å². The Bertz CT molecular complexity index is 489. The number of aliphatic carboxylic acids is 1. The molecule has 2 rings (SSSR count). The van der Waals surface area contributed by atoms with E-state index in [1.165, 1.54) is 4.88 Å². The first-order valence-corrected chi connectivity index (χ1v) is 8.12. The number of carbonyl (C=O) groups excluding carboxylic acids is 1. The van der Waals surface area contributed by atoms with Crippen LogP contribution >= 0.6 is 11.3 Å². The first-order valence-electron chi connectivity index (χ1n) is 7.24. The molecule has 116 valence electrons. The number of rotatable bonds is 6. The number of carboxylic acids is 1. The number of piperidine rings is 1. The zero-order chi connectivity index (χ0) is 15.3. The van der Waals surface area contributed by atoms with Gasteiger partial charge >= 0.3 is 5.97 Å². The largest absolute Gasteiger partial charge is 0.481 e. The van der Waals surface area contributed by atoms with Crippen LogP contribution in [0.2, 0.25) is 0 Å². The van der Waals surface area contributed by atoms with Crippen molar-refractivity contribution in [1.29, 1.82) is 0 Å². The van der Waals surface area contributed by atoms with Gasteiger partial charge in [0, 0.05) is 18.0 Å². The third-order valence-corrected chi connectivity index (χ3v) is 4.87. The predicted octanol–water partition coefficient (Wildman–Crippen LogP) is 1.59. The summed E-state index contributed by atoms with van der Waals surface area (Å²) in [5.74, 6) is -0.800. The molecule has 0 aromatic carbocycles. The van der Waals surface area contributed by atoms with Crippen LogP contribution in [0, 0.1) is 5.41 Å². The Labute approximate surface area is 129 Å². The fourth-order valence-electron chi connectivity index (χ4n) is 2.69. The second kappa shape index (κ2) is 7.04. The Kier molecular flexibility index (Phi) is 5.36. The SMILES string of the molecule is CC1(C(=O)O)CCCN(CC(=O)NCCc2cccs2)C1. The molecule has 1 aromatic rings. The van der Waals surface area contributed by atoms with Gasteiger partial charge in [-0.2, -0.15) is 0 Å². The molecular formula is C15H22N2O3S. The Morgan fingerprint density at radius 3 is 3.00 bits per heavy atom. The lowest BCUT2D eigenvalue weighted by molar-refractivity contribution is -0.151. The highest BCUT2D eigenvalue weighted by atomic mass is 32.1. The van der Waals surface area contributed by atoms with E-state index in [1.54, 1.807) is 18.3 Å².